The second-order valence-electron chi connectivity index (χ2n) is 4.39. The van der Waals surface area contributed by atoms with E-state index in [1.54, 1.807) is 11.3 Å². The lowest BCUT2D eigenvalue weighted by Gasteiger charge is -2.20. The zero-order chi connectivity index (χ0) is 11.0. The molecule has 3 rings (SSSR count). The Labute approximate surface area is 98.8 Å². The second-order valence-corrected chi connectivity index (χ2v) is 5.43. The molecule has 1 unspecified atom stereocenters. The Kier molecular flexibility index (Phi) is 2.69. The van der Waals surface area contributed by atoms with E-state index in [-0.39, 0.29) is 5.92 Å². The summed E-state index contributed by atoms with van der Waals surface area (Å²) in [5.41, 5.74) is 1.30. The third-order valence-electron chi connectivity index (χ3n) is 3.24. The summed E-state index contributed by atoms with van der Waals surface area (Å²) in [5.74, 6) is 0.435. The fourth-order valence-electron chi connectivity index (χ4n) is 2.33. The molecule has 1 saturated heterocycles. The molecule has 4 heteroatoms. The highest BCUT2D eigenvalue weighted by molar-refractivity contribution is 7.14. The van der Waals surface area contributed by atoms with Crippen LogP contribution in [-0.4, -0.2) is 25.5 Å². The smallest absolute Gasteiger partial charge is 0.177 e. The summed E-state index contributed by atoms with van der Waals surface area (Å²) in [4.78, 5) is 13.0. The summed E-state index contributed by atoms with van der Waals surface area (Å²) in [5, 5.41) is 4.33. The molecule has 86 valence electrons. The fourth-order valence-corrected chi connectivity index (χ4v) is 3.54. The van der Waals surface area contributed by atoms with Crippen molar-refractivity contribution in [3.05, 3.63) is 16.5 Å². The van der Waals surface area contributed by atoms with Crippen LogP contribution in [0.5, 0.6) is 5.06 Å². The number of ketones is 1. The van der Waals surface area contributed by atoms with Gasteiger partial charge in [-0.1, -0.05) is 0 Å². The van der Waals surface area contributed by atoms with Crippen molar-refractivity contribution in [2.75, 3.05) is 19.7 Å². The predicted molar refractivity (Wildman–Crippen MR) is 63.4 cm³/mol. The predicted octanol–water partition coefficient (Wildman–Crippen LogP) is 1.72. The summed E-state index contributed by atoms with van der Waals surface area (Å²) in [6.45, 7) is 2.44. The first-order valence-corrected chi connectivity index (χ1v) is 6.65. The Morgan fingerprint density at radius 1 is 1.44 bits per heavy atom. The topological polar surface area (TPSA) is 38.3 Å². The average Bonchev–Trinajstić information content (AvgIpc) is 2.73. The van der Waals surface area contributed by atoms with E-state index in [1.807, 2.05) is 0 Å². The summed E-state index contributed by atoms with van der Waals surface area (Å²) < 4.78 is 5.62. The molecular weight excluding hydrogens is 222 g/mol. The highest BCUT2D eigenvalue weighted by Gasteiger charge is 2.27. The van der Waals surface area contributed by atoms with Crippen molar-refractivity contribution < 1.29 is 9.53 Å². The number of aryl methyl sites for hydroxylation is 1. The van der Waals surface area contributed by atoms with Crippen LogP contribution in [0.1, 0.15) is 29.2 Å². The van der Waals surface area contributed by atoms with Crippen molar-refractivity contribution in [3.8, 4) is 5.06 Å². The molecule has 1 aromatic rings. The van der Waals surface area contributed by atoms with Crippen LogP contribution in [-0.2, 0) is 11.2 Å². The number of thiophene rings is 1. The second kappa shape index (κ2) is 4.18. The molecule has 1 atom stereocenters. The highest BCUT2D eigenvalue weighted by atomic mass is 32.1. The fraction of sp³-hybridized carbons (Fsp3) is 0.583. The maximum Gasteiger partial charge on any atom is 0.177 e. The van der Waals surface area contributed by atoms with E-state index in [1.165, 1.54) is 10.4 Å². The maximum absolute atomic E-state index is 11.8. The van der Waals surface area contributed by atoms with Crippen LogP contribution in [0.4, 0.5) is 0 Å². The van der Waals surface area contributed by atoms with Gasteiger partial charge in [-0.25, -0.2) is 0 Å². The van der Waals surface area contributed by atoms with Gasteiger partial charge < -0.3 is 10.1 Å². The van der Waals surface area contributed by atoms with Gasteiger partial charge in [0.25, 0.3) is 0 Å². The van der Waals surface area contributed by atoms with E-state index >= 15 is 0 Å². The van der Waals surface area contributed by atoms with Gasteiger partial charge in [-0.3, -0.25) is 4.79 Å². The standard InChI is InChI=1S/C12H15NO2S/c14-10-3-4-13-7-9(10)11-6-8-2-1-5-15-12(8)16-11/h6,9,13H,1-5,7H2. The molecule has 0 amide bonds. The van der Waals surface area contributed by atoms with E-state index in [9.17, 15) is 4.79 Å². The van der Waals surface area contributed by atoms with Crippen LogP contribution < -0.4 is 10.1 Å². The highest BCUT2D eigenvalue weighted by Crippen LogP contribution is 2.38. The number of rotatable bonds is 1. The van der Waals surface area contributed by atoms with Gasteiger partial charge >= 0.3 is 0 Å². The molecule has 3 nitrogen and oxygen atoms in total. The summed E-state index contributed by atoms with van der Waals surface area (Å²) in [6.07, 6.45) is 2.86. The van der Waals surface area contributed by atoms with Crippen LogP contribution >= 0.6 is 11.3 Å². The maximum atomic E-state index is 11.8. The first-order chi connectivity index (χ1) is 7.84. The Hall–Kier alpha value is -0.870. The average molecular weight is 237 g/mol. The number of carbonyl (C=O) groups is 1. The zero-order valence-electron chi connectivity index (χ0n) is 9.12. The molecule has 1 N–H and O–H groups in total. The molecule has 2 aliphatic rings. The minimum atomic E-state index is 0.0629. The molecular formula is C12H15NO2S. The van der Waals surface area contributed by atoms with E-state index in [0.717, 1.165) is 37.6 Å². The Morgan fingerprint density at radius 2 is 2.38 bits per heavy atom. The van der Waals surface area contributed by atoms with Crippen LogP contribution in [0.3, 0.4) is 0 Å². The van der Waals surface area contributed by atoms with Gasteiger partial charge in [0.05, 0.1) is 12.5 Å². The SMILES string of the molecule is O=C1CCNCC1c1cc2c(s1)OCCC2. The third-order valence-corrected chi connectivity index (χ3v) is 4.45. The molecule has 3 heterocycles. The van der Waals surface area contributed by atoms with Crippen LogP contribution in [0.25, 0.3) is 0 Å². The quantitative estimate of drug-likeness (QED) is 0.808. The first-order valence-electron chi connectivity index (χ1n) is 5.83. The monoisotopic (exact) mass is 237 g/mol. The Bertz CT molecular complexity index is 390. The largest absolute Gasteiger partial charge is 0.484 e. The first kappa shape index (κ1) is 10.3. The molecule has 16 heavy (non-hydrogen) atoms. The van der Waals surface area contributed by atoms with Gasteiger partial charge in [0, 0.05) is 30.0 Å². The minimum Gasteiger partial charge on any atom is -0.484 e. The van der Waals surface area contributed by atoms with Gasteiger partial charge in [0.1, 0.15) is 5.78 Å². The number of carbonyl (C=O) groups excluding carboxylic acids is 1. The van der Waals surface area contributed by atoms with Crippen molar-refractivity contribution in [2.45, 2.75) is 25.2 Å². The lowest BCUT2D eigenvalue weighted by molar-refractivity contribution is -0.121. The number of nitrogens with one attached hydrogen (secondary N) is 1. The molecule has 0 saturated carbocycles. The van der Waals surface area contributed by atoms with E-state index in [0.29, 0.717) is 12.2 Å². The van der Waals surface area contributed by atoms with Crippen molar-refractivity contribution in [1.29, 1.82) is 0 Å². The van der Waals surface area contributed by atoms with Crippen molar-refractivity contribution in [3.63, 3.8) is 0 Å². The summed E-state index contributed by atoms with van der Waals surface area (Å²) in [6, 6.07) is 2.18. The lowest BCUT2D eigenvalue weighted by Crippen LogP contribution is -2.34. The Balaban J connectivity index is 1.88. The Morgan fingerprint density at radius 3 is 3.19 bits per heavy atom. The lowest BCUT2D eigenvalue weighted by atomic mass is 9.95. The summed E-state index contributed by atoms with van der Waals surface area (Å²) >= 11 is 1.66. The van der Waals surface area contributed by atoms with E-state index in [2.05, 4.69) is 11.4 Å². The molecule has 1 aromatic heterocycles. The van der Waals surface area contributed by atoms with E-state index < -0.39 is 0 Å². The number of ether oxygens (including phenoxy) is 1. The zero-order valence-corrected chi connectivity index (χ0v) is 9.94. The van der Waals surface area contributed by atoms with Crippen LogP contribution in [0.15, 0.2) is 6.07 Å². The molecule has 0 aromatic carbocycles. The molecule has 0 aliphatic carbocycles. The van der Waals surface area contributed by atoms with Crippen molar-refractivity contribution in [2.24, 2.45) is 0 Å². The molecule has 0 radical (unpaired) electrons. The van der Waals surface area contributed by atoms with Crippen LogP contribution in [0, 0.1) is 0 Å². The van der Waals surface area contributed by atoms with Crippen molar-refractivity contribution >= 4 is 17.1 Å². The van der Waals surface area contributed by atoms with Gasteiger partial charge in [-0.2, -0.15) is 0 Å². The minimum absolute atomic E-state index is 0.0629. The normalized spacial score (nSPS) is 25.0. The van der Waals surface area contributed by atoms with Crippen molar-refractivity contribution in [1.82, 2.24) is 5.32 Å². The number of hydrogen-bond donors (Lipinski definition) is 1. The van der Waals surface area contributed by atoms with Gasteiger partial charge in [-0.05, 0) is 18.9 Å². The van der Waals surface area contributed by atoms with Gasteiger partial charge in [0.15, 0.2) is 5.06 Å². The number of Topliss-reactive ketones (excluding diaryl/α,β-unsaturated/α-hetero) is 1. The third kappa shape index (κ3) is 1.76. The van der Waals surface area contributed by atoms with E-state index in [4.69, 9.17) is 4.74 Å². The van der Waals surface area contributed by atoms with Crippen LogP contribution in [0.2, 0.25) is 0 Å². The number of hydrogen-bond acceptors (Lipinski definition) is 4. The molecule has 2 aliphatic heterocycles. The molecule has 1 fully saturated rings. The van der Waals surface area contributed by atoms with Gasteiger partial charge in [0.2, 0.25) is 0 Å². The summed E-state index contributed by atoms with van der Waals surface area (Å²) in [7, 11) is 0. The molecule has 0 spiro atoms. The molecule has 0 bridgehead atoms. The van der Waals surface area contributed by atoms with Gasteiger partial charge in [-0.15, -0.1) is 11.3 Å². The number of fused-ring (bicyclic) bond motifs is 1. The number of piperidine rings is 1.